The molecule has 1 saturated heterocycles. The topological polar surface area (TPSA) is 81.1 Å². The fourth-order valence-electron chi connectivity index (χ4n) is 3.11. The van der Waals surface area contributed by atoms with Crippen LogP contribution in [-0.4, -0.2) is 32.6 Å². The van der Waals surface area contributed by atoms with Gasteiger partial charge in [-0.1, -0.05) is 25.4 Å². The number of hydrogen-bond acceptors (Lipinski definition) is 7. The van der Waals surface area contributed by atoms with Crippen LogP contribution in [0.4, 0.5) is 5.82 Å². The van der Waals surface area contributed by atoms with Gasteiger partial charge in [-0.3, -0.25) is 4.90 Å². The molecule has 3 aromatic rings. The molecule has 3 aromatic heterocycles. The Bertz CT molecular complexity index is 814. The molecule has 0 amide bonds. The number of rotatable bonds is 3. The van der Waals surface area contributed by atoms with Gasteiger partial charge in [0, 0.05) is 23.5 Å². The Morgan fingerprint density at radius 3 is 2.88 bits per heavy atom. The van der Waals surface area contributed by atoms with E-state index in [4.69, 9.17) is 10.3 Å². The minimum absolute atomic E-state index is 0.502. The van der Waals surface area contributed by atoms with Crippen molar-refractivity contribution in [1.82, 2.24) is 20.0 Å². The number of aromatic nitrogens is 3. The Hall–Kier alpha value is -1.99. The first-order valence-corrected chi connectivity index (χ1v) is 9.73. The molecule has 4 rings (SSSR count). The Morgan fingerprint density at radius 1 is 1.32 bits per heavy atom. The Labute approximate surface area is 152 Å². The largest absolute Gasteiger partial charge is 0.383 e. The van der Waals surface area contributed by atoms with Crippen LogP contribution in [-0.2, 0) is 6.54 Å². The summed E-state index contributed by atoms with van der Waals surface area (Å²) < 4.78 is 4.86. The van der Waals surface area contributed by atoms with Crippen molar-refractivity contribution in [2.45, 2.75) is 52.6 Å². The molecular formula is C18H25N5OS. The predicted molar refractivity (Wildman–Crippen MR) is 102 cm³/mol. The molecule has 0 bridgehead atoms. The summed E-state index contributed by atoms with van der Waals surface area (Å²) in [6, 6.07) is 4.51. The van der Waals surface area contributed by atoms with Crippen LogP contribution in [0.25, 0.3) is 21.7 Å². The maximum Gasteiger partial charge on any atom is 0.185 e. The first-order valence-electron chi connectivity index (χ1n) is 8.91. The monoisotopic (exact) mass is 359 g/mol. The number of piperidine rings is 1. The van der Waals surface area contributed by atoms with Gasteiger partial charge in [-0.15, -0.1) is 11.3 Å². The molecular weight excluding hydrogens is 334 g/mol. The van der Waals surface area contributed by atoms with Gasteiger partial charge in [-0.05, 0) is 32.4 Å². The van der Waals surface area contributed by atoms with Crippen molar-refractivity contribution >= 4 is 27.4 Å². The van der Waals surface area contributed by atoms with Gasteiger partial charge in [0.15, 0.2) is 11.5 Å². The van der Waals surface area contributed by atoms with E-state index >= 15 is 0 Å². The zero-order chi connectivity index (χ0) is 17.8. The number of fused-ring (bicyclic) bond motifs is 1. The zero-order valence-corrected chi connectivity index (χ0v) is 15.8. The highest BCUT2D eigenvalue weighted by Crippen LogP contribution is 2.31. The molecule has 0 saturated carbocycles. The summed E-state index contributed by atoms with van der Waals surface area (Å²) in [6.07, 6.45) is 5.41. The summed E-state index contributed by atoms with van der Waals surface area (Å²) in [7, 11) is 0. The van der Waals surface area contributed by atoms with Crippen molar-refractivity contribution in [1.29, 1.82) is 0 Å². The number of hydrogen-bond donors (Lipinski definition) is 1. The summed E-state index contributed by atoms with van der Waals surface area (Å²) in [4.78, 5) is 13.7. The number of likely N-dealkylation sites (tertiary alicyclic amines) is 1. The highest BCUT2D eigenvalue weighted by molar-refractivity contribution is 7.18. The van der Waals surface area contributed by atoms with E-state index in [0.717, 1.165) is 16.8 Å². The van der Waals surface area contributed by atoms with E-state index in [9.17, 15) is 0 Å². The molecule has 1 fully saturated rings. The van der Waals surface area contributed by atoms with E-state index in [1.807, 2.05) is 13.8 Å². The summed E-state index contributed by atoms with van der Waals surface area (Å²) in [5.41, 5.74) is 6.73. The second kappa shape index (κ2) is 7.93. The standard InChI is InChI=1S/C16H19N5OS.C2H6/c1-10-4-2-3-6-21(10)9-11-8-12-14(17)18-15(19-16(12)23-11)13-5-7-22-20-13;1-2/h5,7-8,10H,2-4,6,9H2,1H3,(H2,17,18,19);1-2H3/t10-;/m0./s1. The summed E-state index contributed by atoms with van der Waals surface area (Å²) in [5, 5.41) is 4.82. The van der Waals surface area contributed by atoms with Gasteiger partial charge in [0.05, 0.1) is 5.39 Å². The minimum Gasteiger partial charge on any atom is -0.383 e. The summed E-state index contributed by atoms with van der Waals surface area (Å²) in [5.74, 6) is 1.02. The fraction of sp³-hybridized carbons (Fsp3) is 0.500. The average molecular weight is 359 g/mol. The molecule has 0 spiro atoms. The van der Waals surface area contributed by atoms with Crippen LogP contribution in [0.1, 0.15) is 44.9 Å². The molecule has 2 N–H and O–H groups in total. The Kier molecular flexibility index (Phi) is 5.65. The van der Waals surface area contributed by atoms with Crippen LogP contribution in [0.2, 0.25) is 0 Å². The van der Waals surface area contributed by atoms with E-state index in [2.05, 4.69) is 33.0 Å². The molecule has 1 atom stereocenters. The highest BCUT2D eigenvalue weighted by Gasteiger charge is 2.20. The minimum atomic E-state index is 0.502. The molecule has 0 radical (unpaired) electrons. The van der Waals surface area contributed by atoms with Crippen LogP contribution in [0.3, 0.4) is 0 Å². The lowest BCUT2D eigenvalue weighted by Crippen LogP contribution is -2.36. The molecule has 0 aliphatic carbocycles. The third-order valence-corrected chi connectivity index (χ3v) is 5.45. The molecule has 0 aromatic carbocycles. The normalized spacial score (nSPS) is 18.1. The zero-order valence-electron chi connectivity index (χ0n) is 15.0. The molecule has 1 aliphatic rings. The molecule has 0 unspecified atom stereocenters. The third-order valence-electron chi connectivity index (χ3n) is 4.44. The fourth-order valence-corrected chi connectivity index (χ4v) is 4.17. The van der Waals surface area contributed by atoms with E-state index in [0.29, 0.717) is 23.4 Å². The van der Waals surface area contributed by atoms with Gasteiger partial charge in [0.25, 0.3) is 0 Å². The third kappa shape index (κ3) is 3.82. The number of nitrogen functional groups attached to an aromatic ring is 1. The van der Waals surface area contributed by atoms with Crippen LogP contribution in [0.5, 0.6) is 0 Å². The SMILES string of the molecule is CC.C[C@H]1CCCCN1Cc1cc2c(N)nc(-c3ccon3)nc2s1. The smallest absolute Gasteiger partial charge is 0.185 e. The van der Waals surface area contributed by atoms with Crippen LogP contribution < -0.4 is 5.73 Å². The van der Waals surface area contributed by atoms with E-state index < -0.39 is 0 Å². The molecule has 6 nitrogen and oxygen atoms in total. The van der Waals surface area contributed by atoms with Crippen molar-refractivity contribution in [2.24, 2.45) is 0 Å². The van der Waals surface area contributed by atoms with Gasteiger partial charge in [0.1, 0.15) is 16.9 Å². The van der Waals surface area contributed by atoms with Crippen LogP contribution >= 0.6 is 11.3 Å². The van der Waals surface area contributed by atoms with E-state index in [-0.39, 0.29) is 0 Å². The average Bonchev–Trinajstić information content (AvgIpc) is 3.28. The lowest BCUT2D eigenvalue weighted by atomic mass is 10.0. The van der Waals surface area contributed by atoms with Gasteiger partial charge in [-0.2, -0.15) is 0 Å². The van der Waals surface area contributed by atoms with Crippen LogP contribution in [0, 0.1) is 0 Å². The number of nitrogens with two attached hydrogens (primary N) is 1. The van der Waals surface area contributed by atoms with Crippen molar-refractivity contribution in [3.05, 3.63) is 23.3 Å². The van der Waals surface area contributed by atoms with Crippen molar-refractivity contribution < 1.29 is 4.52 Å². The lowest BCUT2D eigenvalue weighted by molar-refractivity contribution is 0.154. The second-order valence-corrected chi connectivity index (χ2v) is 7.18. The van der Waals surface area contributed by atoms with Gasteiger partial charge < -0.3 is 10.3 Å². The number of anilines is 1. The molecule has 7 heteroatoms. The Morgan fingerprint density at radius 2 is 2.16 bits per heavy atom. The number of thiophene rings is 1. The van der Waals surface area contributed by atoms with E-state index in [1.165, 1.54) is 36.9 Å². The quantitative estimate of drug-likeness (QED) is 0.749. The molecule has 1 aliphatic heterocycles. The maximum atomic E-state index is 6.12. The maximum absolute atomic E-state index is 6.12. The first-order chi connectivity index (χ1) is 12.2. The molecule has 134 valence electrons. The summed E-state index contributed by atoms with van der Waals surface area (Å²) in [6.45, 7) is 8.44. The lowest BCUT2D eigenvalue weighted by Gasteiger charge is -2.32. The van der Waals surface area contributed by atoms with Gasteiger partial charge in [0.2, 0.25) is 0 Å². The first kappa shape index (κ1) is 17.8. The van der Waals surface area contributed by atoms with Crippen molar-refractivity contribution in [3.63, 3.8) is 0 Å². The van der Waals surface area contributed by atoms with E-state index in [1.54, 1.807) is 17.4 Å². The highest BCUT2D eigenvalue weighted by atomic mass is 32.1. The Balaban J connectivity index is 0.000000880. The van der Waals surface area contributed by atoms with Gasteiger partial charge in [-0.25, -0.2) is 9.97 Å². The predicted octanol–water partition coefficient (Wildman–Crippen LogP) is 4.33. The van der Waals surface area contributed by atoms with Gasteiger partial charge >= 0.3 is 0 Å². The van der Waals surface area contributed by atoms with Crippen molar-refractivity contribution in [3.8, 4) is 11.5 Å². The van der Waals surface area contributed by atoms with Crippen LogP contribution in [0.15, 0.2) is 22.9 Å². The second-order valence-electron chi connectivity index (χ2n) is 6.06. The molecule has 25 heavy (non-hydrogen) atoms. The summed E-state index contributed by atoms with van der Waals surface area (Å²) >= 11 is 1.69. The number of nitrogens with zero attached hydrogens (tertiary/aromatic N) is 4. The van der Waals surface area contributed by atoms with Crippen molar-refractivity contribution in [2.75, 3.05) is 12.3 Å². The molecule has 4 heterocycles.